The van der Waals surface area contributed by atoms with Crippen molar-refractivity contribution in [3.63, 3.8) is 0 Å². The summed E-state index contributed by atoms with van der Waals surface area (Å²) in [5.41, 5.74) is 0. The number of hydrogen-bond donors (Lipinski definition) is 0. The third-order valence-corrected chi connectivity index (χ3v) is 3.16. The lowest BCUT2D eigenvalue weighted by Gasteiger charge is -2.24. The Kier molecular flexibility index (Phi) is 11.9. The Hall–Kier alpha value is -0.340. The summed E-state index contributed by atoms with van der Waals surface area (Å²) in [6.07, 6.45) is 10.9. The molecule has 0 fully saturated rings. The zero-order valence-electron chi connectivity index (χ0n) is 11.9. The van der Waals surface area contributed by atoms with Crippen molar-refractivity contribution in [1.82, 2.24) is 0 Å². The fourth-order valence-corrected chi connectivity index (χ4v) is 2.07. The highest BCUT2D eigenvalue weighted by atomic mass is 16.7. The molecule has 0 spiro atoms. The van der Waals surface area contributed by atoms with Gasteiger partial charge in [0.25, 0.3) is 0 Å². The van der Waals surface area contributed by atoms with Gasteiger partial charge in [-0.25, -0.2) is 0 Å². The van der Waals surface area contributed by atoms with Gasteiger partial charge in [-0.3, -0.25) is 0 Å². The lowest BCUT2D eigenvalue weighted by Crippen LogP contribution is -2.24. The molecular weight excluding hydrogens is 212 g/mol. The van der Waals surface area contributed by atoms with Crippen LogP contribution in [-0.4, -0.2) is 20.0 Å². The van der Waals surface area contributed by atoms with Gasteiger partial charge in [0.2, 0.25) is 0 Å². The van der Waals surface area contributed by atoms with Crippen molar-refractivity contribution < 1.29 is 9.47 Å². The van der Waals surface area contributed by atoms with E-state index in [2.05, 4.69) is 26.5 Å². The van der Waals surface area contributed by atoms with Crippen molar-refractivity contribution in [2.45, 2.75) is 64.9 Å². The number of ether oxygens (including phenoxy) is 2. The van der Waals surface area contributed by atoms with Crippen LogP contribution in [0.2, 0.25) is 0 Å². The molecule has 0 aromatic carbocycles. The van der Waals surface area contributed by atoms with Gasteiger partial charge in [-0.15, -0.1) is 6.58 Å². The average molecular weight is 242 g/mol. The summed E-state index contributed by atoms with van der Waals surface area (Å²) in [5, 5.41) is 0. The summed E-state index contributed by atoms with van der Waals surface area (Å²) in [7, 11) is 1.68. The second-order valence-electron chi connectivity index (χ2n) is 4.65. The van der Waals surface area contributed by atoms with E-state index in [0.717, 1.165) is 6.42 Å². The Bertz CT molecular complexity index is 168. The van der Waals surface area contributed by atoms with Crippen molar-refractivity contribution in [3.05, 3.63) is 12.7 Å². The molecule has 0 saturated carbocycles. The quantitative estimate of drug-likeness (QED) is 0.284. The molecule has 0 amide bonds. The van der Waals surface area contributed by atoms with E-state index >= 15 is 0 Å². The molecule has 2 nitrogen and oxygen atoms in total. The molecule has 2 heteroatoms. The highest BCUT2D eigenvalue weighted by Crippen LogP contribution is 2.22. The van der Waals surface area contributed by atoms with E-state index in [-0.39, 0.29) is 6.10 Å². The van der Waals surface area contributed by atoms with Crippen LogP contribution in [0.15, 0.2) is 12.7 Å². The Morgan fingerprint density at radius 3 is 2.29 bits per heavy atom. The van der Waals surface area contributed by atoms with Gasteiger partial charge >= 0.3 is 0 Å². The highest BCUT2D eigenvalue weighted by molar-refractivity contribution is 4.85. The Balaban J connectivity index is 4.12. The Morgan fingerprint density at radius 2 is 1.76 bits per heavy atom. The highest BCUT2D eigenvalue weighted by Gasteiger charge is 2.18. The third kappa shape index (κ3) is 8.39. The molecule has 17 heavy (non-hydrogen) atoms. The smallest absolute Gasteiger partial charge is 0.146 e. The fourth-order valence-electron chi connectivity index (χ4n) is 2.07. The molecule has 0 N–H and O–H groups in total. The summed E-state index contributed by atoms with van der Waals surface area (Å²) < 4.78 is 10.8. The first-order chi connectivity index (χ1) is 8.29. The van der Waals surface area contributed by atoms with Gasteiger partial charge in [0.05, 0.1) is 6.10 Å². The van der Waals surface area contributed by atoms with E-state index in [9.17, 15) is 0 Å². The second-order valence-corrected chi connectivity index (χ2v) is 4.65. The van der Waals surface area contributed by atoms with Crippen LogP contribution in [0.4, 0.5) is 0 Å². The minimum atomic E-state index is 0.283. The first-order valence-electron chi connectivity index (χ1n) is 7.03. The van der Waals surface area contributed by atoms with E-state index in [1.54, 1.807) is 7.11 Å². The minimum absolute atomic E-state index is 0.283. The lowest BCUT2D eigenvalue weighted by molar-refractivity contribution is -0.0890. The molecule has 0 unspecified atom stereocenters. The van der Waals surface area contributed by atoms with Crippen LogP contribution in [0, 0.1) is 5.92 Å². The van der Waals surface area contributed by atoms with Gasteiger partial charge in [-0.1, -0.05) is 52.0 Å². The maximum Gasteiger partial charge on any atom is 0.146 e. The first kappa shape index (κ1) is 16.7. The molecule has 0 heterocycles. The van der Waals surface area contributed by atoms with Crippen molar-refractivity contribution in [2.75, 3.05) is 13.9 Å². The van der Waals surface area contributed by atoms with E-state index < -0.39 is 0 Å². The van der Waals surface area contributed by atoms with Gasteiger partial charge in [-0.05, 0) is 12.8 Å². The summed E-state index contributed by atoms with van der Waals surface area (Å²) in [6, 6.07) is 0. The molecular formula is C15H30O2. The van der Waals surface area contributed by atoms with E-state index in [1.165, 1.54) is 38.5 Å². The minimum Gasteiger partial charge on any atom is -0.359 e. The predicted octanol–water partition coefficient (Wildman–Crippen LogP) is 4.55. The molecule has 0 bridgehead atoms. The summed E-state index contributed by atoms with van der Waals surface area (Å²) >= 11 is 0. The molecule has 0 aliphatic rings. The average Bonchev–Trinajstić information content (AvgIpc) is 2.36. The standard InChI is InChI=1S/C15H30O2/c1-5-8-10-12-15(17-13-16-4)14(7-3)11-9-6-2/h7,14-15H,3,5-6,8-13H2,1-2,4H3/t14-,15+/m0/s1. The van der Waals surface area contributed by atoms with Crippen molar-refractivity contribution in [2.24, 2.45) is 5.92 Å². The van der Waals surface area contributed by atoms with Crippen molar-refractivity contribution >= 4 is 0 Å². The third-order valence-electron chi connectivity index (χ3n) is 3.16. The number of unbranched alkanes of at least 4 members (excludes halogenated alkanes) is 3. The zero-order chi connectivity index (χ0) is 12.9. The second kappa shape index (κ2) is 12.1. The van der Waals surface area contributed by atoms with Crippen LogP contribution in [0.3, 0.4) is 0 Å². The fraction of sp³-hybridized carbons (Fsp3) is 0.867. The van der Waals surface area contributed by atoms with E-state index in [0.29, 0.717) is 12.7 Å². The maximum atomic E-state index is 5.79. The predicted molar refractivity (Wildman–Crippen MR) is 74.1 cm³/mol. The van der Waals surface area contributed by atoms with Gasteiger partial charge in [0.1, 0.15) is 6.79 Å². The van der Waals surface area contributed by atoms with E-state index in [1.807, 2.05) is 0 Å². The van der Waals surface area contributed by atoms with Crippen LogP contribution < -0.4 is 0 Å². The molecule has 0 radical (unpaired) electrons. The topological polar surface area (TPSA) is 18.5 Å². The number of rotatable bonds is 12. The normalized spacial score (nSPS) is 14.5. The van der Waals surface area contributed by atoms with Gasteiger partial charge in [0, 0.05) is 13.0 Å². The monoisotopic (exact) mass is 242 g/mol. The first-order valence-corrected chi connectivity index (χ1v) is 7.03. The van der Waals surface area contributed by atoms with Crippen LogP contribution in [0.25, 0.3) is 0 Å². The molecule has 0 aliphatic heterocycles. The van der Waals surface area contributed by atoms with Gasteiger partial charge < -0.3 is 9.47 Å². The SMILES string of the molecule is C=C[C@@H](CCCC)[C@@H](CCCCC)OCOC. The summed E-state index contributed by atoms with van der Waals surface area (Å²) in [4.78, 5) is 0. The molecule has 0 aromatic heterocycles. The molecule has 102 valence electrons. The van der Waals surface area contributed by atoms with Crippen LogP contribution in [0.1, 0.15) is 58.8 Å². The largest absolute Gasteiger partial charge is 0.359 e. The van der Waals surface area contributed by atoms with Crippen molar-refractivity contribution in [3.8, 4) is 0 Å². The van der Waals surface area contributed by atoms with E-state index in [4.69, 9.17) is 9.47 Å². The number of hydrogen-bond acceptors (Lipinski definition) is 2. The van der Waals surface area contributed by atoms with Gasteiger partial charge in [-0.2, -0.15) is 0 Å². The molecule has 2 atom stereocenters. The zero-order valence-corrected chi connectivity index (χ0v) is 11.9. The molecule has 0 saturated heterocycles. The Labute approximate surface area is 107 Å². The van der Waals surface area contributed by atoms with Crippen LogP contribution in [-0.2, 0) is 9.47 Å². The summed E-state index contributed by atoms with van der Waals surface area (Å²) in [5.74, 6) is 0.474. The molecule has 0 aromatic rings. The van der Waals surface area contributed by atoms with Gasteiger partial charge in [0.15, 0.2) is 0 Å². The molecule has 0 rings (SSSR count). The lowest BCUT2D eigenvalue weighted by atomic mass is 9.92. The molecule has 0 aliphatic carbocycles. The van der Waals surface area contributed by atoms with Crippen molar-refractivity contribution in [1.29, 1.82) is 0 Å². The maximum absolute atomic E-state index is 5.79. The summed E-state index contributed by atoms with van der Waals surface area (Å²) in [6.45, 7) is 8.80. The van der Waals surface area contributed by atoms with Crippen LogP contribution >= 0.6 is 0 Å². The van der Waals surface area contributed by atoms with Crippen LogP contribution in [0.5, 0.6) is 0 Å². The Morgan fingerprint density at radius 1 is 1.06 bits per heavy atom. The number of methoxy groups -OCH3 is 1.